The van der Waals surface area contributed by atoms with Gasteiger partial charge in [-0.15, -0.1) is 0 Å². The summed E-state index contributed by atoms with van der Waals surface area (Å²) in [4.78, 5) is 26.3. The number of nitrogens with one attached hydrogen (secondary N) is 1. The van der Waals surface area contributed by atoms with Gasteiger partial charge in [-0.1, -0.05) is 48.5 Å². The van der Waals surface area contributed by atoms with Gasteiger partial charge in [-0.25, -0.2) is 4.99 Å². The van der Waals surface area contributed by atoms with E-state index in [0.717, 1.165) is 22.3 Å². The molecule has 1 atom stereocenters. The van der Waals surface area contributed by atoms with Crippen LogP contribution in [0.1, 0.15) is 17.2 Å². The van der Waals surface area contributed by atoms with Crippen molar-refractivity contribution in [1.82, 2.24) is 9.88 Å². The summed E-state index contributed by atoms with van der Waals surface area (Å²) in [5, 5.41) is 1.60. The Bertz CT molecular complexity index is 1130. The molecule has 5 rings (SSSR count). The fourth-order valence-corrected chi connectivity index (χ4v) is 3.53. The first-order valence-electron chi connectivity index (χ1n) is 8.10. The van der Waals surface area contributed by atoms with Crippen molar-refractivity contribution in [3.05, 3.63) is 88.5 Å². The van der Waals surface area contributed by atoms with Crippen molar-refractivity contribution in [2.75, 3.05) is 0 Å². The van der Waals surface area contributed by atoms with Gasteiger partial charge in [0.1, 0.15) is 5.82 Å². The van der Waals surface area contributed by atoms with E-state index in [4.69, 9.17) is 0 Å². The zero-order valence-corrected chi connectivity index (χ0v) is 13.3. The van der Waals surface area contributed by atoms with E-state index in [1.165, 1.54) is 0 Å². The van der Waals surface area contributed by atoms with E-state index in [-0.39, 0.29) is 11.6 Å². The van der Waals surface area contributed by atoms with E-state index in [0.29, 0.717) is 11.2 Å². The maximum absolute atomic E-state index is 12.5. The molecule has 5 nitrogen and oxygen atoms in total. The van der Waals surface area contributed by atoms with Crippen molar-refractivity contribution in [2.24, 2.45) is 9.98 Å². The maximum Gasteiger partial charge on any atom is 0.257 e. The predicted molar refractivity (Wildman–Crippen MR) is 99.4 cm³/mol. The number of benzene rings is 2. The Morgan fingerprint density at radius 2 is 1.72 bits per heavy atom. The van der Waals surface area contributed by atoms with Crippen LogP contribution in [-0.4, -0.2) is 21.9 Å². The number of fused-ring (bicyclic) bond motifs is 4. The lowest BCUT2D eigenvalue weighted by atomic mass is 9.92. The summed E-state index contributed by atoms with van der Waals surface area (Å²) >= 11 is 0. The number of nitrogens with zero attached hydrogens (tertiary/aromatic N) is 3. The van der Waals surface area contributed by atoms with Gasteiger partial charge in [0.2, 0.25) is 0 Å². The van der Waals surface area contributed by atoms with Crippen LogP contribution in [0.25, 0.3) is 10.8 Å². The molecule has 0 saturated carbocycles. The average Bonchev–Trinajstić information content (AvgIpc) is 2.67. The molecule has 0 amide bonds. The van der Waals surface area contributed by atoms with Crippen molar-refractivity contribution < 1.29 is 0 Å². The molecule has 2 aliphatic rings. The van der Waals surface area contributed by atoms with E-state index in [9.17, 15) is 4.79 Å². The molecule has 5 heteroatoms. The number of pyridine rings is 1. The van der Waals surface area contributed by atoms with Gasteiger partial charge in [0.05, 0.1) is 12.3 Å². The fraction of sp³-hybridized carbons (Fsp3) is 0.0500. The lowest BCUT2D eigenvalue weighted by Gasteiger charge is -2.36. The first kappa shape index (κ1) is 13.9. The number of hydrogen-bond donors (Lipinski definition) is 1. The number of rotatable bonds is 1. The van der Waals surface area contributed by atoms with Gasteiger partial charge in [-0.05, 0) is 17.0 Å². The Balaban J connectivity index is 1.90. The highest BCUT2D eigenvalue weighted by molar-refractivity contribution is 6.31. The molecule has 0 aliphatic carbocycles. The van der Waals surface area contributed by atoms with Gasteiger partial charge in [0.15, 0.2) is 5.84 Å². The standard InChI is InChI=1S/C20H14N4O/c25-20-15-9-5-4-8-14(15)17-18(13-6-2-1-3-7-13)24-11-10-21-12-16(24)22-19(17)23-20/h1-12,18H,(H,23,25). The van der Waals surface area contributed by atoms with Crippen molar-refractivity contribution in [2.45, 2.75) is 6.04 Å². The van der Waals surface area contributed by atoms with Crippen LogP contribution < -0.4 is 5.56 Å². The highest BCUT2D eigenvalue weighted by Crippen LogP contribution is 2.41. The molecule has 0 spiro atoms. The van der Waals surface area contributed by atoms with Crippen LogP contribution >= 0.6 is 0 Å². The Morgan fingerprint density at radius 1 is 0.960 bits per heavy atom. The van der Waals surface area contributed by atoms with Crippen LogP contribution in [0.15, 0.2) is 81.8 Å². The minimum absolute atomic E-state index is 0.0755. The molecule has 0 fully saturated rings. The molecular formula is C20H14N4O. The van der Waals surface area contributed by atoms with Crippen molar-refractivity contribution in [3.8, 4) is 0 Å². The number of amidine groups is 1. The quantitative estimate of drug-likeness (QED) is 0.744. The van der Waals surface area contributed by atoms with Crippen LogP contribution in [-0.2, 0) is 0 Å². The second-order valence-electron chi connectivity index (χ2n) is 6.03. The lowest BCUT2D eigenvalue weighted by molar-refractivity contribution is 0.468. The first-order chi connectivity index (χ1) is 12.3. The molecule has 0 saturated heterocycles. The highest BCUT2D eigenvalue weighted by atomic mass is 16.1. The van der Waals surface area contributed by atoms with Crippen LogP contribution in [0.4, 0.5) is 5.82 Å². The van der Waals surface area contributed by atoms with Gasteiger partial charge in [0, 0.05) is 23.3 Å². The van der Waals surface area contributed by atoms with E-state index < -0.39 is 0 Å². The maximum atomic E-state index is 12.5. The van der Waals surface area contributed by atoms with E-state index >= 15 is 0 Å². The molecule has 2 aliphatic heterocycles. The zero-order valence-electron chi connectivity index (χ0n) is 13.3. The van der Waals surface area contributed by atoms with Crippen LogP contribution in [0.2, 0.25) is 0 Å². The zero-order chi connectivity index (χ0) is 16.8. The minimum atomic E-state index is -0.123. The SMILES string of the molecule is O=c1[nH]c2c(c3ccccc13)C(c1ccccc1)N1C=CN=CC1=N2. The summed E-state index contributed by atoms with van der Waals surface area (Å²) in [7, 11) is 0. The number of aromatic amines is 1. The summed E-state index contributed by atoms with van der Waals surface area (Å²) in [5.74, 6) is 1.32. The third-order valence-electron chi connectivity index (χ3n) is 4.61. The summed E-state index contributed by atoms with van der Waals surface area (Å²) in [6.07, 6.45) is 5.40. The number of aliphatic imine (C=N–C) groups is 2. The number of H-pyrrole nitrogens is 1. The van der Waals surface area contributed by atoms with Gasteiger partial charge < -0.3 is 9.88 Å². The molecular weight excluding hydrogens is 312 g/mol. The monoisotopic (exact) mass is 326 g/mol. The first-order valence-corrected chi connectivity index (χ1v) is 8.10. The third-order valence-corrected chi connectivity index (χ3v) is 4.61. The molecule has 0 radical (unpaired) electrons. The normalized spacial score (nSPS) is 18.0. The summed E-state index contributed by atoms with van der Waals surface area (Å²) in [5.41, 5.74) is 2.01. The predicted octanol–water partition coefficient (Wildman–Crippen LogP) is 3.52. The Hall–Kier alpha value is -3.47. The van der Waals surface area contributed by atoms with Crippen LogP contribution in [0.3, 0.4) is 0 Å². The lowest BCUT2D eigenvalue weighted by Crippen LogP contribution is -2.36. The molecule has 1 unspecified atom stereocenters. The van der Waals surface area contributed by atoms with Crippen molar-refractivity contribution in [3.63, 3.8) is 0 Å². The van der Waals surface area contributed by atoms with Gasteiger partial charge in [-0.3, -0.25) is 9.79 Å². The van der Waals surface area contributed by atoms with Gasteiger partial charge >= 0.3 is 0 Å². The van der Waals surface area contributed by atoms with Gasteiger partial charge in [-0.2, -0.15) is 0 Å². The van der Waals surface area contributed by atoms with Gasteiger partial charge in [0.25, 0.3) is 5.56 Å². The molecule has 3 heterocycles. The number of aromatic nitrogens is 1. The topological polar surface area (TPSA) is 60.8 Å². The van der Waals surface area contributed by atoms with E-state index in [2.05, 4.69) is 32.0 Å². The van der Waals surface area contributed by atoms with Crippen LogP contribution in [0, 0.1) is 0 Å². The second-order valence-corrected chi connectivity index (χ2v) is 6.03. The smallest absolute Gasteiger partial charge is 0.257 e. The molecule has 1 aromatic heterocycles. The Morgan fingerprint density at radius 3 is 2.56 bits per heavy atom. The third kappa shape index (κ3) is 2.06. The van der Waals surface area contributed by atoms with E-state index in [1.807, 2.05) is 48.7 Å². The molecule has 0 bridgehead atoms. The summed E-state index contributed by atoms with van der Waals surface area (Å²) < 4.78 is 0. The molecule has 3 aromatic rings. The summed E-state index contributed by atoms with van der Waals surface area (Å²) in [6, 6.07) is 17.8. The minimum Gasteiger partial charge on any atom is -0.318 e. The number of hydrogen-bond acceptors (Lipinski definition) is 4. The molecule has 1 N–H and O–H groups in total. The van der Waals surface area contributed by atoms with Crippen LogP contribution in [0.5, 0.6) is 0 Å². The van der Waals surface area contributed by atoms with E-state index in [1.54, 1.807) is 12.4 Å². The largest absolute Gasteiger partial charge is 0.318 e. The fourth-order valence-electron chi connectivity index (χ4n) is 3.53. The van der Waals surface area contributed by atoms with Crippen molar-refractivity contribution >= 4 is 28.6 Å². The summed E-state index contributed by atoms with van der Waals surface area (Å²) in [6.45, 7) is 0. The molecule has 120 valence electrons. The Kier molecular flexibility index (Phi) is 2.94. The second kappa shape index (κ2) is 5.27. The van der Waals surface area contributed by atoms with Crippen molar-refractivity contribution in [1.29, 1.82) is 0 Å². The molecule has 25 heavy (non-hydrogen) atoms. The Labute approximate surface area is 143 Å². The average molecular weight is 326 g/mol. The molecule has 2 aromatic carbocycles. The highest BCUT2D eigenvalue weighted by Gasteiger charge is 2.32.